The average Bonchev–Trinajstić information content (AvgIpc) is 1.81. The standard InChI is InChI=1S/C9H19FN2S/c1-8(2,3)11-7(13)12-9(4,5)6-10/h6H2,1-5H3,(H2,11,12,13). The summed E-state index contributed by atoms with van der Waals surface area (Å²) in [4.78, 5) is 0. The number of rotatable bonds is 2. The Balaban J connectivity index is 4.03. The van der Waals surface area contributed by atoms with Gasteiger partial charge in [0.15, 0.2) is 5.11 Å². The topological polar surface area (TPSA) is 24.1 Å². The molecule has 0 unspecified atom stereocenters. The van der Waals surface area contributed by atoms with Gasteiger partial charge in [-0.2, -0.15) is 0 Å². The van der Waals surface area contributed by atoms with Crippen molar-refractivity contribution < 1.29 is 4.39 Å². The molecule has 2 N–H and O–H groups in total. The Kier molecular flexibility index (Phi) is 4.10. The zero-order valence-corrected chi connectivity index (χ0v) is 9.81. The first-order chi connectivity index (χ1) is 5.66. The van der Waals surface area contributed by atoms with E-state index in [0.717, 1.165) is 0 Å². The van der Waals surface area contributed by atoms with E-state index in [4.69, 9.17) is 12.2 Å². The summed E-state index contributed by atoms with van der Waals surface area (Å²) in [6.07, 6.45) is 0. The quantitative estimate of drug-likeness (QED) is 0.676. The molecule has 0 saturated carbocycles. The molecule has 0 fully saturated rings. The maximum atomic E-state index is 12.4. The van der Waals surface area contributed by atoms with Crippen molar-refractivity contribution in [3.63, 3.8) is 0 Å². The molecule has 0 aromatic carbocycles. The zero-order valence-electron chi connectivity index (χ0n) is 8.99. The van der Waals surface area contributed by atoms with E-state index in [-0.39, 0.29) is 5.54 Å². The van der Waals surface area contributed by atoms with Gasteiger partial charge in [0, 0.05) is 5.54 Å². The number of nitrogens with one attached hydrogen (secondary N) is 2. The van der Waals surface area contributed by atoms with Crippen LogP contribution in [0.4, 0.5) is 4.39 Å². The minimum absolute atomic E-state index is 0.0868. The Bertz CT molecular complexity index is 185. The second-order valence-corrected chi connectivity index (χ2v) is 5.25. The molecule has 0 atom stereocenters. The van der Waals surface area contributed by atoms with Crippen LogP contribution in [0.1, 0.15) is 34.6 Å². The Labute approximate surface area is 85.3 Å². The molecule has 0 aliphatic carbocycles. The monoisotopic (exact) mass is 206 g/mol. The molecule has 0 saturated heterocycles. The van der Waals surface area contributed by atoms with Gasteiger partial charge < -0.3 is 10.6 Å². The van der Waals surface area contributed by atoms with Crippen molar-refractivity contribution in [1.29, 1.82) is 0 Å². The van der Waals surface area contributed by atoms with Gasteiger partial charge in [0.25, 0.3) is 0 Å². The molecule has 0 aromatic rings. The molecule has 0 radical (unpaired) electrons. The number of hydrogen-bond donors (Lipinski definition) is 2. The number of halogens is 1. The normalized spacial score (nSPS) is 12.5. The Hall–Kier alpha value is -0.380. The van der Waals surface area contributed by atoms with E-state index in [9.17, 15) is 4.39 Å². The summed E-state index contributed by atoms with van der Waals surface area (Å²) in [7, 11) is 0. The first kappa shape index (κ1) is 12.6. The Morgan fingerprint density at radius 3 is 1.92 bits per heavy atom. The van der Waals surface area contributed by atoms with Crippen molar-refractivity contribution in [2.45, 2.75) is 45.7 Å². The van der Waals surface area contributed by atoms with Crippen LogP contribution < -0.4 is 10.6 Å². The SMILES string of the molecule is CC(C)(C)NC(=S)NC(C)(C)CF. The zero-order chi connectivity index (χ0) is 10.7. The molecule has 4 heteroatoms. The van der Waals surface area contributed by atoms with E-state index in [1.54, 1.807) is 13.8 Å². The third-order valence-electron chi connectivity index (χ3n) is 1.27. The second kappa shape index (κ2) is 4.22. The fraction of sp³-hybridized carbons (Fsp3) is 0.889. The van der Waals surface area contributed by atoms with Crippen LogP contribution in [-0.4, -0.2) is 22.9 Å². The predicted molar refractivity (Wildman–Crippen MR) is 58.7 cm³/mol. The Morgan fingerprint density at radius 1 is 1.15 bits per heavy atom. The molecule has 0 heterocycles. The molecule has 2 nitrogen and oxygen atoms in total. The van der Waals surface area contributed by atoms with E-state index in [1.165, 1.54) is 0 Å². The highest BCUT2D eigenvalue weighted by molar-refractivity contribution is 7.80. The number of alkyl halides is 1. The largest absolute Gasteiger partial charge is 0.358 e. The van der Waals surface area contributed by atoms with Gasteiger partial charge in [0.05, 0.1) is 5.54 Å². The fourth-order valence-electron chi connectivity index (χ4n) is 0.713. The lowest BCUT2D eigenvalue weighted by Crippen LogP contribution is -2.54. The van der Waals surface area contributed by atoms with Gasteiger partial charge >= 0.3 is 0 Å². The van der Waals surface area contributed by atoms with Crippen LogP contribution in [0.5, 0.6) is 0 Å². The molecule has 0 rings (SSSR count). The summed E-state index contributed by atoms with van der Waals surface area (Å²) in [5.41, 5.74) is -0.675. The van der Waals surface area contributed by atoms with Gasteiger partial charge in [-0.1, -0.05) is 0 Å². The molecule has 0 bridgehead atoms. The third kappa shape index (κ3) is 6.75. The lowest BCUT2D eigenvalue weighted by Gasteiger charge is -2.29. The third-order valence-corrected chi connectivity index (χ3v) is 1.48. The number of hydrogen-bond acceptors (Lipinski definition) is 1. The van der Waals surface area contributed by atoms with E-state index in [1.807, 2.05) is 20.8 Å². The Morgan fingerprint density at radius 2 is 1.62 bits per heavy atom. The lowest BCUT2D eigenvalue weighted by atomic mass is 10.1. The van der Waals surface area contributed by atoms with Crippen molar-refractivity contribution in [3.8, 4) is 0 Å². The summed E-state index contributed by atoms with van der Waals surface area (Å²) in [5.74, 6) is 0. The second-order valence-electron chi connectivity index (χ2n) is 4.85. The van der Waals surface area contributed by atoms with Crippen LogP contribution in [0.2, 0.25) is 0 Å². The van der Waals surface area contributed by atoms with Crippen molar-refractivity contribution in [1.82, 2.24) is 10.6 Å². The molecule has 0 spiro atoms. The van der Waals surface area contributed by atoms with E-state index >= 15 is 0 Å². The highest BCUT2D eigenvalue weighted by atomic mass is 32.1. The first-order valence-electron chi connectivity index (χ1n) is 4.32. The predicted octanol–water partition coefficient (Wildman–Crippen LogP) is 2.00. The molecule has 0 aliphatic heterocycles. The van der Waals surface area contributed by atoms with Gasteiger partial charge in [-0.25, -0.2) is 4.39 Å². The van der Waals surface area contributed by atoms with Crippen LogP contribution >= 0.6 is 12.2 Å². The van der Waals surface area contributed by atoms with E-state index in [0.29, 0.717) is 5.11 Å². The first-order valence-corrected chi connectivity index (χ1v) is 4.73. The summed E-state index contributed by atoms with van der Waals surface area (Å²) >= 11 is 5.03. The van der Waals surface area contributed by atoms with Crippen LogP contribution in [0.3, 0.4) is 0 Å². The fourth-order valence-corrected chi connectivity index (χ4v) is 1.30. The van der Waals surface area contributed by atoms with Crippen LogP contribution in [0, 0.1) is 0 Å². The van der Waals surface area contributed by atoms with Crippen LogP contribution in [-0.2, 0) is 0 Å². The number of thiocarbonyl (C=S) groups is 1. The van der Waals surface area contributed by atoms with Crippen molar-refractivity contribution in [3.05, 3.63) is 0 Å². The maximum absolute atomic E-state index is 12.4. The minimum Gasteiger partial charge on any atom is -0.358 e. The van der Waals surface area contributed by atoms with E-state index in [2.05, 4.69) is 10.6 Å². The highest BCUT2D eigenvalue weighted by Crippen LogP contribution is 2.04. The summed E-state index contributed by atoms with van der Waals surface area (Å²) in [5, 5.41) is 6.47. The summed E-state index contributed by atoms with van der Waals surface area (Å²) in [6, 6.07) is 0. The maximum Gasteiger partial charge on any atom is 0.167 e. The molecule has 0 aliphatic rings. The van der Waals surface area contributed by atoms with E-state index < -0.39 is 12.2 Å². The summed E-state index contributed by atoms with van der Waals surface area (Å²) < 4.78 is 12.4. The highest BCUT2D eigenvalue weighted by Gasteiger charge is 2.20. The average molecular weight is 206 g/mol. The molecular weight excluding hydrogens is 187 g/mol. The van der Waals surface area contributed by atoms with Crippen molar-refractivity contribution in [2.24, 2.45) is 0 Å². The van der Waals surface area contributed by atoms with Crippen molar-refractivity contribution in [2.75, 3.05) is 6.67 Å². The molecule has 0 aromatic heterocycles. The van der Waals surface area contributed by atoms with Crippen molar-refractivity contribution >= 4 is 17.3 Å². The molecule has 78 valence electrons. The van der Waals surface area contributed by atoms with Gasteiger partial charge in [0.1, 0.15) is 6.67 Å². The molecule has 13 heavy (non-hydrogen) atoms. The van der Waals surface area contributed by atoms with Gasteiger partial charge in [-0.3, -0.25) is 0 Å². The summed E-state index contributed by atoms with van der Waals surface area (Å²) in [6.45, 7) is 9.10. The van der Waals surface area contributed by atoms with Gasteiger partial charge in [-0.15, -0.1) is 0 Å². The van der Waals surface area contributed by atoms with Crippen LogP contribution in [0.25, 0.3) is 0 Å². The molecular formula is C9H19FN2S. The minimum atomic E-state index is -0.588. The van der Waals surface area contributed by atoms with Crippen LogP contribution in [0.15, 0.2) is 0 Å². The smallest absolute Gasteiger partial charge is 0.167 e. The van der Waals surface area contributed by atoms with Gasteiger partial charge in [-0.05, 0) is 46.8 Å². The van der Waals surface area contributed by atoms with Gasteiger partial charge in [0.2, 0.25) is 0 Å². The lowest BCUT2D eigenvalue weighted by molar-refractivity contribution is 0.320. The molecule has 0 amide bonds.